The number of benzene rings is 3. The highest BCUT2D eigenvalue weighted by Gasteiger charge is 2.12. The van der Waals surface area contributed by atoms with Crippen LogP contribution in [-0.2, 0) is 0 Å². The lowest BCUT2D eigenvalue weighted by Crippen LogP contribution is -1.90. The fourth-order valence-corrected chi connectivity index (χ4v) is 3.09. The first-order valence-electron chi connectivity index (χ1n) is 7.97. The lowest BCUT2D eigenvalue weighted by Gasteiger charge is -2.13. The quantitative estimate of drug-likeness (QED) is 0.524. The number of rotatable bonds is 2. The molecule has 0 bridgehead atoms. The normalized spacial score (nSPS) is 10.9. The minimum absolute atomic E-state index is 0.259. The largest absolute Gasteiger partial charge is 0.508 e. The van der Waals surface area contributed by atoms with Crippen molar-refractivity contribution >= 4 is 10.9 Å². The topological polar surface area (TPSA) is 33.1 Å². The zero-order chi connectivity index (χ0) is 16.5. The van der Waals surface area contributed by atoms with Gasteiger partial charge in [-0.3, -0.25) is 4.98 Å². The number of hydrogen-bond donors (Lipinski definition) is 1. The third kappa shape index (κ3) is 2.52. The molecule has 2 nitrogen and oxygen atoms in total. The summed E-state index contributed by atoms with van der Waals surface area (Å²) in [6.45, 7) is 2.00. The van der Waals surface area contributed by atoms with Crippen molar-refractivity contribution in [1.29, 1.82) is 0 Å². The zero-order valence-electron chi connectivity index (χ0n) is 13.4. The van der Waals surface area contributed by atoms with Gasteiger partial charge in [-0.25, -0.2) is 0 Å². The first-order chi connectivity index (χ1) is 11.7. The summed E-state index contributed by atoms with van der Waals surface area (Å²) in [5.74, 6) is 0.259. The number of fused-ring (bicyclic) bond motifs is 1. The average molecular weight is 311 g/mol. The lowest BCUT2D eigenvalue weighted by atomic mass is 9.93. The van der Waals surface area contributed by atoms with E-state index in [9.17, 15) is 5.11 Å². The zero-order valence-corrected chi connectivity index (χ0v) is 13.4. The van der Waals surface area contributed by atoms with E-state index in [2.05, 4.69) is 30.3 Å². The van der Waals surface area contributed by atoms with Crippen LogP contribution in [-0.4, -0.2) is 10.1 Å². The van der Waals surface area contributed by atoms with E-state index in [-0.39, 0.29) is 5.75 Å². The second-order valence-corrected chi connectivity index (χ2v) is 5.93. The standard InChI is InChI=1S/C22H17NO/c1-15-10-11-17-8-5-9-20(22(17)23-15)21-14-18(24)12-13-19(21)16-6-3-2-4-7-16/h2-14,24H,1H3. The van der Waals surface area contributed by atoms with Crippen molar-refractivity contribution in [3.8, 4) is 28.0 Å². The number of hydrogen-bond acceptors (Lipinski definition) is 2. The van der Waals surface area contributed by atoms with E-state index in [1.807, 2.05) is 49.4 Å². The maximum atomic E-state index is 10.1. The molecular formula is C22H17NO. The first kappa shape index (κ1) is 14.5. The number of pyridine rings is 1. The van der Waals surface area contributed by atoms with Crippen molar-refractivity contribution in [2.24, 2.45) is 0 Å². The van der Waals surface area contributed by atoms with Crippen LogP contribution in [0.25, 0.3) is 33.2 Å². The molecule has 0 unspecified atom stereocenters. The Balaban J connectivity index is 2.04. The van der Waals surface area contributed by atoms with Gasteiger partial charge in [0.05, 0.1) is 5.52 Å². The number of phenolic OH excluding ortho intramolecular Hbond substituents is 1. The van der Waals surface area contributed by atoms with Crippen molar-refractivity contribution in [3.63, 3.8) is 0 Å². The summed E-state index contributed by atoms with van der Waals surface area (Å²) in [7, 11) is 0. The summed E-state index contributed by atoms with van der Waals surface area (Å²) in [6, 6.07) is 26.0. The van der Waals surface area contributed by atoms with Crippen molar-refractivity contribution < 1.29 is 5.11 Å². The number of aromatic hydroxyl groups is 1. The van der Waals surface area contributed by atoms with Gasteiger partial charge in [-0.15, -0.1) is 0 Å². The summed E-state index contributed by atoms with van der Waals surface area (Å²) in [4.78, 5) is 4.73. The summed E-state index contributed by atoms with van der Waals surface area (Å²) < 4.78 is 0. The summed E-state index contributed by atoms with van der Waals surface area (Å²) in [6.07, 6.45) is 0. The van der Waals surface area contributed by atoms with Crippen LogP contribution < -0.4 is 0 Å². The maximum absolute atomic E-state index is 10.1. The smallest absolute Gasteiger partial charge is 0.116 e. The van der Waals surface area contributed by atoms with Crippen LogP contribution in [0, 0.1) is 6.92 Å². The SMILES string of the molecule is Cc1ccc2cccc(-c3cc(O)ccc3-c3ccccc3)c2n1. The van der Waals surface area contributed by atoms with Crippen LogP contribution in [0.4, 0.5) is 0 Å². The van der Waals surface area contributed by atoms with E-state index in [1.54, 1.807) is 6.07 Å². The van der Waals surface area contributed by atoms with Gasteiger partial charge in [0.1, 0.15) is 5.75 Å². The fourth-order valence-electron chi connectivity index (χ4n) is 3.09. The van der Waals surface area contributed by atoms with E-state index in [4.69, 9.17) is 4.98 Å². The Hall–Kier alpha value is -3.13. The highest BCUT2D eigenvalue weighted by Crippen LogP contribution is 2.37. The van der Waals surface area contributed by atoms with Gasteiger partial charge in [0.25, 0.3) is 0 Å². The Labute approximate surface area is 141 Å². The van der Waals surface area contributed by atoms with Gasteiger partial charge < -0.3 is 5.11 Å². The third-order valence-corrected chi connectivity index (χ3v) is 4.24. The molecular weight excluding hydrogens is 294 g/mol. The molecule has 1 heterocycles. The molecule has 0 saturated carbocycles. The van der Waals surface area contributed by atoms with Crippen LogP contribution in [0.5, 0.6) is 5.75 Å². The monoisotopic (exact) mass is 311 g/mol. The molecule has 1 N–H and O–H groups in total. The summed E-state index contributed by atoms with van der Waals surface area (Å²) >= 11 is 0. The Morgan fingerprint density at radius 3 is 2.38 bits per heavy atom. The molecule has 0 aliphatic carbocycles. The first-order valence-corrected chi connectivity index (χ1v) is 7.97. The summed E-state index contributed by atoms with van der Waals surface area (Å²) in [5.41, 5.74) is 6.17. The molecule has 0 spiro atoms. The van der Waals surface area contributed by atoms with E-state index in [0.29, 0.717) is 0 Å². The van der Waals surface area contributed by atoms with Gasteiger partial charge in [-0.1, -0.05) is 60.7 Å². The van der Waals surface area contributed by atoms with Gasteiger partial charge in [-0.05, 0) is 41.8 Å². The van der Waals surface area contributed by atoms with Crippen molar-refractivity contribution in [3.05, 3.63) is 84.6 Å². The third-order valence-electron chi connectivity index (χ3n) is 4.24. The molecule has 2 heteroatoms. The molecule has 0 aliphatic heterocycles. The highest BCUT2D eigenvalue weighted by atomic mass is 16.3. The van der Waals surface area contributed by atoms with Gasteiger partial charge in [0.2, 0.25) is 0 Å². The lowest BCUT2D eigenvalue weighted by molar-refractivity contribution is 0.475. The van der Waals surface area contributed by atoms with E-state index in [0.717, 1.165) is 38.9 Å². The maximum Gasteiger partial charge on any atom is 0.116 e. The second kappa shape index (κ2) is 5.82. The van der Waals surface area contributed by atoms with Crippen LogP contribution >= 0.6 is 0 Å². The Morgan fingerprint density at radius 1 is 0.708 bits per heavy atom. The molecule has 1 aromatic heterocycles. The van der Waals surface area contributed by atoms with Crippen LogP contribution in [0.1, 0.15) is 5.69 Å². The number of para-hydroxylation sites is 1. The minimum Gasteiger partial charge on any atom is -0.508 e. The molecule has 0 aliphatic rings. The molecule has 3 aromatic carbocycles. The van der Waals surface area contributed by atoms with Crippen molar-refractivity contribution in [2.75, 3.05) is 0 Å². The van der Waals surface area contributed by atoms with E-state index < -0.39 is 0 Å². The molecule has 4 rings (SSSR count). The van der Waals surface area contributed by atoms with Crippen LogP contribution in [0.2, 0.25) is 0 Å². The highest BCUT2D eigenvalue weighted by molar-refractivity contribution is 5.98. The number of phenols is 1. The predicted molar refractivity (Wildman–Crippen MR) is 99.0 cm³/mol. The molecule has 24 heavy (non-hydrogen) atoms. The van der Waals surface area contributed by atoms with E-state index in [1.165, 1.54) is 0 Å². The Morgan fingerprint density at radius 2 is 1.54 bits per heavy atom. The van der Waals surface area contributed by atoms with Crippen LogP contribution in [0.15, 0.2) is 78.9 Å². The molecule has 0 amide bonds. The van der Waals surface area contributed by atoms with Gasteiger partial charge >= 0.3 is 0 Å². The fraction of sp³-hybridized carbons (Fsp3) is 0.0455. The second-order valence-electron chi connectivity index (χ2n) is 5.93. The number of aromatic nitrogens is 1. The van der Waals surface area contributed by atoms with Crippen molar-refractivity contribution in [2.45, 2.75) is 6.92 Å². The molecule has 0 radical (unpaired) electrons. The molecule has 116 valence electrons. The van der Waals surface area contributed by atoms with Crippen molar-refractivity contribution in [1.82, 2.24) is 4.98 Å². The number of nitrogens with zero attached hydrogens (tertiary/aromatic N) is 1. The Kier molecular flexibility index (Phi) is 3.51. The molecule has 0 fully saturated rings. The summed E-state index contributed by atoms with van der Waals surface area (Å²) in [5, 5.41) is 11.1. The molecule has 4 aromatic rings. The van der Waals surface area contributed by atoms with Gasteiger partial charge in [0.15, 0.2) is 0 Å². The molecule has 0 atom stereocenters. The molecule has 0 saturated heterocycles. The van der Waals surface area contributed by atoms with Gasteiger partial charge in [0, 0.05) is 16.6 Å². The van der Waals surface area contributed by atoms with E-state index >= 15 is 0 Å². The van der Waals surface area contributed by atoms with Gasteiger partial charge in [-0.2, -0.15) is 0 Å². The predicted octanol–water partition coefficient (Wildman–Crippen LogP) is 5.58. The number of aryl methyl sites for hydroxylation is 1. The average Bonchev–Trinajstić information content (AvgIpc) is 2.62. The van der Waals surface area contributed by atoms with Crippen LogP contribution in [0.3, 0.4) is 0 Å². The minimum atomic E-state index is 0.259. The Bertz CT molecular complexity index is 1020.